The lowest BCUT2D eigenvalue weighted by molar-refractivity contribution is -0.136. The molecular weight excluding hydrogens is 256 g/mol. The lowest BCUT2D eigenvalue weighted by atomic mass is 10.1. The van der Waals surface area contributed by atoms with Crippen LogP contribution in [0.25, 0.3) is 0 Å². The Morgan fingerprint density at radius 1 is 1.25 bits per heavy atom. The third-order valence-corrected chi connectivity index (χ3v) is 3.71. The van der Waals surface area contributed by atoms with Crippen molar-refractivity contribution in [1.29, 1.82) is 0 Å². The molecule has 1 aliphatic carbocycles. The molecule has 0 saturated heterocycles. The van der Waals surface area contributed by atoms with E-state index in [9.17, 15) is 9.59 Å². The van der Waals surface area contributed by atoms with Crippen LogP contribution in [0.1, 0.15) is 25.7 Å². The molecule has 0 heterocycles. The minimum Gasteiger partial charge on any atom is -0.481 e. The number of benzene rings is 1. The van der Waals surface area contributed by atoms with Gasteiger partial charge in [0.25, 0.3) is 0 Å². The average molecular weight is 276 g/mol. The summed E-state index contributed by atoms with van der Waals surface area (Å²) in [5.41, 5.74) is 6.61. The molecule has 20 heavy (non-hydrogen) atoms. The number of carboxylic acids is 1. The van der Waals surface area contributed by atoms with Crippen molar-refractivity contribution in [3.05, 3.63) is 30.3 Å². The Morgan fingerprint density at radius 3 is 2.50 bits per heavy atom. The van der Waals surface area contributed by atoms with Crippen molar-refractivity contribution in [3.8, 4) is 0 Å². The van der Waals surface area contributed by atoms with Gasteiger partial charge in [-0.25, -0.2) is 0 Å². The summed E-state index contributed by atoms with van der Waals surface area (Å²) in [5.74, 6) is -0.994. The van der Waals surface area contributed by atoms with Crippen LogP contribution in [0, 0.1) is 5.92 Å². The topological polar surface area (TPSA) is 83.6 Å². The number of hydrogen-bond donors (Lipinski definition) is 2. The SMILES string of the molecule is NC1CCC(C(=O)N(CCC(=O)O)c2ccccc2)C1. The molecule has 1 saturated carbocycles. The molecule has 1 amide bonds. The Kier molecular flexibility index (Phi) is 4.74. The summed E-state index contributed by atoms with van der Waals surface area (Å²) in [6.07, 6.45) is 2.28. The summed E-state index contributed by atoms with van der Waals surface area (Å²) in [5, 5.41) is 8.84. The van der Waals surface area contributed by atoms with Crippen molar-refractivity contribution in [2.45, 2.75) is 31.7 Å². The van der Waals surface area contributed by atoms with Crippen LogP contribution in [0.3, 0.4) is 0 Å². The van der Waals surface area contributed by atoms with Gasteiger partial charge in [-0.1, -0.05) is 18.2 Å². The van der Waals surface area contributed by atoms with E-state index in [0.29, 0.717) is 6.42 Å². The van der Waals surface area contributed by atoms with Gasteiger partial charge in [0, 0.05) is 24.2 Å². The lowest BCUT2D eigenvalue weighted by Crippen LogP contribution is -2.37. The van der Waals surface area contributed by atoms with Gasteiger partial charge in [0.15, 0.2) is 0 Å². The first-order valence-corrected chi connectivity index (χ1v) is 6.91. The summed E-state index contributed by atoms with van der Waals surface area (Å²) in [6.45, 7) is 0.198. The molecule has 2 unspecified atom stereocenters. The number of nitrogens with two attached hydrogens (primary N) is 1. The normalized spacial score (nSPS) is 21.6. The molecule has 0 spiro atoms. The van der Waals surface area contributed by atoms with Crippen LogP contribution in [0.5, 0.6) is 0 Å². The number of carbonyl (C=O) groups excluding carboxylic acids is 1. The van der Waals surface area contributed by atoms with Gasteiger partial charge < -0.3 is 15.7 Å². The van der Waals surface area contributed by atoms with E-state index in [0.717, 1.165) is 18.5 Å². The van der Waals surface area contributed by atoms with Gasteiger partial charge in [-0.05, 0) is 31.4 Å². The Labute approximate surface area is 118 Å². The second-order valence-corrected chi connectivity index (χ2v) is 5.24. The predicted molar refractivity (Wildman–Crippen MR) is 76.4 cm³/mol. The Hall–Kier alpha value is -1.88. The number of anilines is 1. The van der Waals surface area contributed by atoms with Gasteiger partial charge in [-0.15, -0.1) is 0 Å². The lowest BCUT2D eigenvalue weighted by Gasteiger charge is -2.25. The average Bonchev–Trinajstić information content (AvgIpc) is 2.86. The molecule has 1 fully saturated rings. The number of carboxylic acid groups (broad SMARTS) is 1. The summed E-state index contributed by atoms with van der Waals surface area (Å²) in [4.78, 5) is 24.9. The number of carbonyl (C=O) groups is 2. The van der Waals surface area contributed by atoms with Crippen LogP contribution < -0.4 is 10.6 Å². The summed E-state index contributed by atoms with van der Waals surface area (Å²) in [6, 6.07) is 9.30. The number of rotatable bonds is 5. The molecule has 1 aromatic carbocycles. The Morgan fingerprint density at radius 2 is 1.95 bits per heavy atom. The predicted octanol–water partition coefficient (Wildman–Crippen LogP) is 1.62. The monoisotopic (exact) mass is 276 g/mol. The maximum atomic E-state index is 12.6. The molecule has 1 aliphatic rings. The first kappa shape index (κ1) is 14.5. The molecule has 2 rings (SSSR count). The first-order chi connectivity index (χ1) is 9.58. The van der Waals surface area contributed by atoms with Gasteiger partial charge in [-0.2, -0.15) is 0 Å². The van der Waals surface area contributed by atoms with Gasteiger partial charge in [0.1, 0.15) is 0 Å². The van der Waals surface area contributed by atoms with Crippen LogP contribution in [-0.2, 0) is 9.59 Å². The maximum Gasteiger partial charge on any atom is 0.305 e. The molecular formula is C15H20N2O3. The molecule has 5 nitrogen and oxygen atoms in total. The van der Waals surface area contributed by atoms with E-state index < -0.39 is 5.97 Å². The summed E-state index contributed by atoms with van der Waals surface area (Å²) in [7, 11) is 0. The van der Waals surface area contributed by atoms with Gasteiger partial charge in [0.2, 0.25) is 5.91 Å². The minimum atomic E-state index is -0.901. The van der Waals surface area contributed by atoms with Gasteiger partial charge >= 0.3 is 5.97 Å². The zero-order valence-corrected chi connectivity index (χ0v) is 11.4. The quantitative estimate of drug-likeness (QED) is 0.856. The zero-order valence-electron chi connectivity index (χ0n) is 11.4. The van der Waals surface area contributed by atoms with Crippen LogP contribution in [-0.4, -0.2) is 29.6 Å². The van der Waals surface area contributed by atoms with Crippen molar-refractivity contribution < 1.29 is 14.7 Å². The molecule has 0 radical (unpaired) electrons. The van der Waals surface area contributed by atoms with E-state index >= 15 is 0 Å². The number of aliphatic carboxylic acids is 1. The molecule has 0 aliphatic heterocycles. The fraction of sp³-hybridized carbons (Fsp3) is 0.467. The van der Waals surface area contributed by atoms with Crippen molar-refractivity contribution in [2.75, 3.05) is 11.4 Å². The highest BCUT2D eigenvalue weighted by Gasteiger charge is 2.31. The Balaban J connectivity index is 2.13. The second-order valence-electron chi connectivity index (χ2n) is 5.24. The van der Waals surface area contributed by atoms with Crippen molar-refractivity contribution >= 4 is 17.6 Å². The minimum absolute atomic E-state index is 0.00889. The highest BCUT2D eigenvalue weighted by molar-refractivity contribution is 5.95. The van der Waals surface area contributed by atoms with Crippen molar-refractivity contribution in [3.63, 3.8) is 0 Å². The van der Waals surface area contributed by atoms with Crippen LogP contribution in [0.4, 0.5) is 5.69 Å². The molecule has 0 bridgehead atoms. The van der Waals surface area contributed by atoms with Crippen LogP contribution in [0.2, 0.25) is 0 Å². The molecule has 2 atom stereocenters. The number of amides is 1. The molecule has 5 heteroatoms. The molecule has 1 aromatic rings. The van der Waals surface area contributed by atoms with Gasteiger partial charge in [-0.3, -0.25) is 9.59 Å². The summed E-state index contributed by atoms with van der Waals surface area (Å²) >= 11 is 0. The fourth-order valence-corrected chi connectivity index (χ4v) is 2.64. The number of hydrogen-bond acceptors (Lipinski definition) is 3. The number of para-hydroxylation sites is 1. The number of nitrogens with zero attached hydrogens (tertiary/aromatic N) is 1. The van der Waals surface area contributed by atoms with E-state index in [2.05, 4.69) is 0 Å². The van der Waals surface area contributed by atoms with Crippen molar-refractivity contribution in [2.24, 2.45) is 11.7 Å². The van der Waals surface area contributed by atoms with Crippen LogP contribution >= 0.6 is 0 Å². The fourth-order valence-electron chi connectivity index (χ4n) is 2.64. The zero-order chi connectivity index (χ0) is 14.5. The van der Waals surface area contributed by atoms with Gasteiger partial charge in [0.05, 0.1) is 6.42 Å². The third-order valence-electron chi connectivity index (χ3n) is 3.71. The van der Waals surface area contributed by atoms with E-state index in [1.165, 1.54) is 0 Å². The third kappa shape index (κ3) is 3.57. The molecule has 3 N–H and O–H groups in total. The van der Waals surface area contributed by atoms with E-state index in [1.54, 1.807) is 4.90 Å². The van der Waals surface area contributed by atoms with E-state index in [-0.39, 0.29) is 30.8 Å². The highest BCUT2D eigenvalue weighted by Crippen LogP contribution is 2.28. The summed E-state index contributed by atoms with van der Waals surface area (Å²) < 4.78 is 0. The first-order valence-electron chi connectivity index (χ1n) is 6.91. The van der Waals surface area contributed by atoms with E-state index in [1.807, 2.05) is 30.3 Å². The standard InChI is InChI=1S/C15H20N2O3/c16-12-7-6-11(10-12)15(20)17(9-8-14(18)19)13-4-2-1-3-5-13/h1-5,11-12H,6-10,16H2,(H,18,19). The van der Waals surface area contributed by atoms with E-state index in [4.69, 9.17) is 10.8 Å². The Bertz CT molecular complexity index is 475. The molecule has 108 valence electrons. The van der Waals surface area contributed by atoms with Crippen molar-refractivity contribution in [1.82, 2.24) is 0 Å². The largest absolute Gasteiger partial charge is 0.481 e. The molecule has 0 aromatic heterocycles. The smallest absolute Gasteiger partial charge is 0.305 e. The second kappa shape index (κ2) is 6.52. The maximum absolute atomic E-state index is 12.6. The van der Waals surface area contributed by atoms with Crippen LogP contribution in [0.15, 0.2) is 30.3 Å². The highest BCUT2D eigenvalue weighted by atomic mass is 16.4.